The number of hydrogen-bond donors (Lipinski definition) is 1. The predicted molar refractivity (Wildman–Crippen MR) is 78.4 cm³/mol. The fraction of sp³-hybridized carbons (Fsp3) is 0.647. The molecular formula is C17H25F2N. The van der Waals surface area contributed by atoms with Crippen molar-refractivity contribution >= 4 is 0 Å². The minimum atomic E-state index is -0.756. The summed E-state index contributed by atoms with van der Waals surface area (Å²) in [4.78, 5) is 0. The summed E-state index contributed by atoms with van der Waals surface area (Å²) in [5, 5.41) is 0. The van der Waals surface area contributed by atoms with Gasteiger partial charge in [0.05, 0.1) is 0 Å². The Labute approximate surface area is 120 Å². The van der Waals surface area contributed by atoms with Crippen LogP contribution in [-0.2, 0) is 0 Å². The van der Waals surface area contributed by atoms with E-state index in [0.717, 1.165) is 18.8 Å². The van der Waals surface area contributed by atoms with Gasteiger partial charge in [0.2, 0.25) is 0 Å². The molecule has 1 unspecified atom stereocenters. The Morgan fingerprint density at radius 1 is 1.15 bits per heavy atom. The first kappa shape index (κ1) is 15.4. The summed E-state index contributed by atoms with van der Waals surface area (Å²) in [7, 11) is 0. The third-order valence-corrected chi connectivity index (χ3v) is 4.76. The van der Waals surface area contributed by atoms with Crippen molar-refractivity contribution in [1.82, 2.24) is 0 Å². The van der Waals surface area contributed by atoms with Gasteiger partial charge in [0, 0.05) is 11.6 Å². The van der Waals surface area contributed by atoms with Gasteiger partial charge in [-0.15, -0.1) is 0 Å². The number of aryl methyl sites for hydroxylation is 1. The first-order valence-corrected chi connectivity index (χ1v) is 7.74. The highest BCUT2D eigenvalue weighted by molar-refractivity contribution is 5.28. The third kappa shape index (κ3) is 3.20. The minimum Gasteiger partial charge on any atom is -0.324 e. The molecule has 0 radical (unpaired) electrons. The molecule has 20 heavy (non-hydrogen) atoms. The van der Waals surface area contributed by atoms with Crippen molar-refractivity contribution in [3.8, 4) is 0 Å². The molecule has 1 aliphatic rings. The van der Waals surface area contributed by atoms with E-state index in [1.54, 1.807) is 19.1 Å². The van der Waals surface area contributed by atoms with E-state index in [0.29, 0.717) is 11.1 Å². The molecule has 1 aromatic rings. The van der Waals surface area contributed by atoms with E-state index in [1.165, 1.54) is 25.7 Å². The van der Waals surface area contributed by atoms with Gasteiger partial charge in [-0.3, -0.25) is 0 Å². The topological polar surface area (TPSA) is 26.0 Å². The van der Waals surface area contributed by atoms with Crippen LogP contribution < -0.4 is 5.73 Å². The number of rotatable bonds is 4. The van der Waals surface area contributed by atoms with Crippen molar-refractivity contribution in [3.05, 3.63) is 34.9 Å². The number of nitrogens with two attached hydrogens (primary N) is 1. The van der Waals surface area contributed by atoms with Crippen LogP contribution >= 0.6 is 0 Å². The second kappa shape index (κ2) is 6.66. The van der Waals surface area contributed by atoms with Crippen molar-refractivity contribution in [2.24, 2.45) is 17.6 Å². The Balaban J connectivity index is 2.06. The van der Waals surface area contributed by atoms with E-state index in [2.05, 4.69) is 6.92 Å². The van der Waals surface area contributed by atoms with Crippen LogP contribution in [0.5, 0.6) is 0 Å². The lowest BCUT2D eigenvalue weighted by Crippen LogP contribution is -2.27. The SMILES string of the molecule is CCCC1CCC(C(N)c2ccc(C)c(F)c2F)CC1. The summed E-state index contributed by atoms with van der Waals surface area (Å²) in [6.07, 6.45) is 6.89. The van der Waals surface area contributed by atoms with E-state index in [1.807, 2.05) is 0 Å². The average molecular weight is 281 g/mol. The van der Waals surface area contributed by atoms with Crippen LogP contribution in [0.1, 0.15) is 62.6 Å². The van der Waals surface area contributed by atoms with Crippen LogP contribution in [0.25, 0.3) is 0 Å². The van der Waals surface area contributed by atoms with Gasteiger partial charge < -0.3 is 5.73 Å². The summed E-state index contributed by atoms with van der Waals surface area (Å²) in [5.41, 5.74) is 6.88. The highest BCUT2D eigenvalue weighted by Crippen LogP contribution is 2.38. The number of benzene rings is 1. The lowest BCUT2D eigenvalue weighted by molar-refractivity contribution is 0.231. The van der Waals surface area contributed by atoms with Crippen LogP contribution in [0.15, 0.2) is 12.1 Å². The van der Waals surface area contributed by atoms with E-state index < -0.39 is 11.6 Å². The molecule has 2 rings (SSSR count). The van der Waals surface area contributed by atoms with Crippen LogP contribution in [-0.4, -0.2) is 0 Å². The third-order valence-electron chi connectivity index (χ3n) is 4.76. The highest BCUT2D eigenvalue weighted by atomic mass is 19.2. The Hall–Kier alpha value is -0.960. The normalized spacial score (nSPS) is 24.6. The monoisotopic (exact) mass is 281 g/mol. The van der Waals surface area contributed by atoms with Crippen LogP contribution in [0.4, 0.5) is 8.78 Å². The molecule has 1 saturated carbocycles. The average Bonchev–Trinajstić information content (AvgIpc) is 2.45. The molecule has 0 bridgehead atoms. The molecule has 1 nitrogen and oxygen atoms in total. The Bertz CT molecular complexity index is 451. The Kier molecular flexibility index (Phi) is 5.14. The zero-order valence-corrected chi connectivity index (χ0v) is 12.5. The molecule has 1 aromatic carbocycles. The number of halogens is 2. The molecule has 0 amide bonds. The smallest absolute Gasteiger partial charge is 0.163 e. The van der Waals surface area contributed by atoms with Gasteiger partial charge in [-0.25, -0.2) is 8.78 Å². The minimum absolute atomic E-state index is 0.278. The van der Waals surface area contributed by atoms with E-state index in [9.17, 15) is 8.78 Å². The van der Waals surface area contributed by atoms with Crippen molar-refractivity contribution < 1.29 is 8.78 Å². The number of hydrogen-bond acceptors (Lipinski definition) is 1. The summed E-state index contributed by atoms with van der Waals surface area (Å²) >= 11 is 0. The largest absolute Gasteiger partial charge is 0.324 e. The molecule has 3 heteroatoms. The summed E-state index contributed by atoms with van der Waals surface area (Å²) in [6, 6.07) is 2.89. The Morgan fingerprint density at radius 3 is 2.40 bits per heavy atom. The van der Waals surface area contributed by atoms with Gasteiger partial charge >= 0.3 is 0 Å². The van der Waals surface area contributed by atoms with Crippen LogP contribution in [0.2, 0.25) is 0 Å². The molecule has 1 aliphatic carbocycles. The molecule has 1 atom stereocenters. The van der Waals surface area contributed by atoms with Crippen molar-refractivity contribution in [3.63, 3.8) is 0 Å². The molecule has 1 fully saturated rings. The second-order valence-electron chi connectivity index (χ2n) is 6.19. The molecular weight excluding hydrogens is 256 g/mol. The molecule has 0 heterocycles. The van der Waals surface area contributed by atoms with E-state index in [4.69, 9.17) is 5.73 Å². The summed E-state index contributed by atoms with van der Waals surface area (Å²) in [5.74, 6) is -0.437. The quantitative estimate of drug-likeness (QED) is 0.836. The summed E-state index contributed by atoms with van der Waals surface area (Å²) < 4.78 is 27.7. The van der Waals surface area contributed by atoms with Crippen LogP contribution in [0, 0.1) is 30.4 Å². The maximum atomic E-state index is 14.0. The van der Waals surface area contributed by atoms with Gasteiger partial charge in [-0.1, -0.05) is 44.7 Å². The molecule has 0 spiro atoms. The maximum Gasteiger partial charge on any atom is 0.163 e. The van der Waals surface area contributed by atoms with E-state index in [-0.39, 0.29) is 12.0 Å². The fourth-order valence-corrected chi connectivity index (χ4v) is 3.42. The van der Waals surface area contributed by atoms with Crippen LogP contribution in [0.3, 0.4) is 0 Å². The maximum absolute atomic E-state index is 14.0. The lowest BCUT2D eigenvalue weighted by atomic mass is 9.75. The first-order chi connectivity index (χ1) is 9.54. The van der Waals surface area contributed by atoms with Crippen molar-refractivity contribution in [2.75, 3.05) is 0 Å². The van der Waals surface area contributed by atoms with Gasteiger partial charge in [0.25, 0.3) is 0 Å². The summed E-state index contributed by atoms with van der Waals surface area (Å²) in [6.45, 7) is 3.78. The molecule has 0 aliphatic heterocycles. The van der Waals surface area contributed by atoms with E-state index >= 15 is 0 Å². The van der Waals surface area contributed by atoms with Gasteiger partial charge in [0.15, 0.2) is 11.6 Å². The standard InChI is InChI=1S/C17H25F2N/c1-3-4-12-6-8-13(9-7-12)17(20)14-10-5-11(2)15(18)16(14)19/h5,10,12-13,17H,3-4,6-9,20H2,1-2H3. The fourth-order valence-electron chi connectivity index (χ4n) is 3.42. The zero-order valence-electron chi connectivity index (χ0n) is 12.5. The van der Waals surface area contributed by atoms with Gasteiger partial charge in [-0.2, -0.15) is 0 Å². The molecule has 2 N–H and O–H groups in total. The molecule has 0 saturated heterocycles. The second-order valence-corrected chi connectivity index (χ2v) is 6.19. The van der Waals surface area contributed by atoms with Gasteiger partial charge in [0.1, 0.15) is 0 Å². The van der Waals surface area contributed by atoms with Crippen molar-refractivity contribution in [1.29, 1.82) is 0 Å². The zero-order chi connectivity index (χ0) is 14.7. The first-order valence-electron chi connectivity index (χ1n) is 7.74. The van der Waals surface area contributed by atoms with Crippen molar-refractivity contribution in [2.45, 2.75) is 58.4 Å². The Morgan fingerprint density at radius 2 is 1.80 bits per heavy atom. The molecule has 0 aromatic heterocycles. The highest BCUT2D eigenvalue weighted by Gasteiger charge is 2.28. The predicted octanol–water partition coefficient (Wildman–Crippen LogP) is 4.88. The molecule has 112 valence electrons. The lowest BCUT2D eigenvalue weighted by Gasteiger charge is -2.32. The van der Waals surface area contributed by atoms with Gasteiger partial charge in [-0.05, 0) is 37.2 Å².